The van der Waals surface area contributed by atoms with Gasteiger partial charge < -0.3 is 4.57 Å². The zero-order valence-corrected chi connectivity index (χ0v) is 27.4. The first-order valence-corrected chi connectivity index (χ1v) is 17.8. The van der Waals surface area contributed by atoms with Crippen LogP contribution < -0.4 is 0 Å². The average Bonchev–Trinajstić information content (AvgIpc) is 3.80. The summed E-state index contributed by atoms with van der Waals surface area (Å²) in [7, 11) is 0. The van der Waals surface area contributed by atoms with E-state index in [1.165, 1.54) is 97.4 Å². The average molecular weight is 640 g/mol. The highest BCUT2D eigenvalue weighted by molar-refractivity contribution is 7.25. The highest BCUT2D eigenvalue weighted by Gasteiger charge is 2.30. The Hall–Kier alpha value is -5.96. The lowest BCUT2D eigenvalue weighted by Crippen LogP contribution is -1.99. The summed E-state index contributed by atoms with van der Waals surface area (Å²) in [5.74, 6) is 0.222. The van der Waals surface area contributed by atoms with Gasteiger partial charge in [0.2, 0.25) is 0 Å². The number of aromatic nitrogens is 1. The van der Waals surface area contributed by atoms with Gasteiger partial charge in [0.25, 0.3) is 0 Å². The first-order chi connectivity index (χ1) is 24.3. The van der Waals surface area contributed by atoms with Gasteiger partial charge in [-0.15, -0.1) is 11.3 Å². The van der Waals surface area contributed by atoms with Crippen LogP contribution in [-0.4, -0.2) is 4.57 Å². The molecule has 0 aliphatic heterocycles. The largest absolute Gasteiger partial charge is 0.309 e. The standard InChI is InChI=1S/C47H29NS/c1-2-12-34(13-3-1)48-43-23-21-32(26-40(43)41-28-46-42(27-44(41)48)36-15-8-9-17-45(36)49-46)31-20-22-38-39(25-31)35-14-6-7-16-37(35)47(38)33-19-18-29-10-4-5-11-30(29)24-33/h1-28,47H. The minimum absolute atomic E-state index is 0.222. The maximum absolute atomic E-state index is 2.44. The van der Waals surface area contributed by atoms with Gasteiger partial charge in [0.15, 0.2) is 0 Å². The first-order valence-electron chi connectivity index (χ1n) is 17.0. The van der Waals surface area contributed by atoms with Crippen LogP contribution in [-0.2, 0) is 0 Å². The molecule has 0 saturated carbocycles. The van der Waals surface area contributed by atoms with Crippen LogP contribution in [0.15, 0.2) is 170 Å². The van der Waals surface area contributed by atoms with E-state index in [9.17, 15) is 0 Å². The molecule has 0 bridgehead atoms. The Morgan fingerprint density at radius 1 is 0.408 bits per heavy atom. The molecule has 0 amide bonds. The number of hydrogen-bond acceptors (Lipinski definition) is 1. The lowest BCUT2D eigenvalue weighted by molar-refractivity contribution is 1.02. The van der Waals surface area contributed by atoms with Crippen LogP contribution in [0.25, 0.3) is 80.7 Å². The molecule has 2 aromatic heterocycles. The monoisotopic (exact) mass is 639 g/mol. The minimum Gasteiger partial charge on any atom is -0.309 e. The van der Waals surface area contributed by atoms with Gasteiger partial charge in [-0.3, -0.25) is 0 Å². The minimum atomic E-state index is 0.222. The Morgan fingerprint density at radius 2 is 1.14 bits per heavy atom. The topological polar surface area (TPSA) is 4.93 Å². The molecule has 8 aromatic carbocycles. The maximum Gasteiger partial charge on any atom is 0.0548 e. The SMILES string of the molecule is c1ccc(-n2c3ccc(-c4ccc5c(c4)-c4ccccc4C5c4ccc5ccccc5c4)cc3c3cc4sc5ccccc5c4cc32)cc1. The second-order valence-electron chi connectivity index (χ2n) is 13.3. The van der Waals surface area contributed by atoms with Gasteiger partial charge >= 0.3 is 0 Å². The predicted molar refractivity (Wildman–Crippen MR) is 209 cm³/mol. The van der Waals surface area contributed by atoms with Gasteiger partial charge in [-0.2, -0.15) is 0 Å². The fourth-order valence-electron chi connectivity index (χ4n) is 8.40. The summed E-state index contributed by atoms with van der Waals surface area (Å²) in [6.45, 7) is 0. The molecule has 0 N–H and O–H groups in total. The van der Waals surface area contributed by atoms with Crippen LogP contribution in [0, 0.1) is 0 Å². The number of hydrogen-bond donors (Lipinski definition) is 0. The molecule has 1 aliphatic carbocycles. The van der Waals surface area contributed by atoms with Crippen molar-refractivity contribution < 1.29 is 0 Å². The number of fused-ring (bicyclic) bond motifs is 10. The van der Waals surface area contributed by atoms with E-state index in [1.807, 2.05) is 11.3 Å². The third-order valence-electron chi connectivity index (χ3n) is 10.6. The molecule has 49 heavy (non-hydrogen) atoms. The second kappa shape index (κ2) is 10.3. The van der Waals surface area contributed by atoms with Crippen molar-refractivity contribution >= 4 is 64.1 Å². The Balaban J connectivity index is 1.11. The molecule has 0 radical (unpaired) electrons. The maximum atomic E-state index is 2.44. The first kappa shape index (κ1) is 27.0. The van der Waals surface area contributed by atoms with Gasteiger partial charge in [-0.05, 0) is 98.2 Å². The van der Waals surface area contributed by atoms with Gasteiger partial charge in [0.1, 0.15) is 0 Å². The van der Waals surface area contributed by atoms with Crippen molar-refractivity contribution in [2.75, 3.05) is 0 Å². The van der Waals surface area contributed by atoms with Crippen molar-refractivity contribution in [3.63, 3.8) is 0 Å². The zero-order valence-electron chi connectivity index (χ0n) is 26.6. The van der Waals surface area contributed by atoms with Crippen LogP contribution in [0.1, 0.15) is 22.6 Å². The normalized spacial score (nSPS) is 13.9. The number of benzene rings is 8. The predicted octanol–water partition coefficient (Wildman–Crippen LogP) is 13.1. The van der Waals surface area contributed by atoms with E-state index in [0.29, 0.717) is 0 Å². The molecular weight excluding hydrogens is 611 g/mol. The second-order valence-corrected chi connectivity index (χ2v) is 14.4. The van der Waals surface area contributed by atoms with E-state index < -0.39 is 0 Å². The summed E-state index contributed by atoms with van der Waals surface area (Å²) in [6.07, 6.45) is 0. The van der Waals surface area contributed by atoms with E-state index in [4.69, 9.17) is 0 Å². The quantitative estimate of drug-likeness (QED) is 0.181. The van der Waals surface area contributed by atoms with Crippen molar-refractivity contribution in [1.29, 1.82) is 0 Å². The summed E-state index contributed by atoms with van der Waals surface area (Å²) in [5.41, 5.74) is 12.9. The molecule has 2 heteroatoms. The summed E-state index contributed by atoms with van der Waals surface area (Å²) < 4.78 is 5.11. The Bertz CT molecular complexity index is 2940. The Kier molecular flexibility index (Phi) is 5.67. The Morgan fingerprint density at radius 3 is 2.08 bits per heavy atom. The van der Waals surface area contributed by atoms with Crippen LogP contribution in [0.5, 0.6) is 0 Å². The number of para-hydroxylation sites is 1. The molecule has 0 saturated heterocycles. The third-order valence-corrected chi connectivity index (χ3v) is 11.8. The fraction of sp³-hybridized carbons (Fsp3) is 0.0213. The van der Waals surface area contributed by atoms with Crippen molar-refractivity contribution in [3.8, 4) is 27.9 Å². The number of nitrogens with zero attached hydrogens (tertiary/aromatic N) is 1. The summed E-state index contributed by atoms with van der Waals surface area (Å²) >= 11 is 1.89. The molecule has 1 unspecified atom stereocenters. The lowest BCUT2D eigenvalue weighted by Gasteiger charge is -2.16. The third kappa shape index (κ3) is 3.99. The molecule has 0 spiro atoms. The van der Waals surface area contributed by atoms with E-state index in [1.54, 1.807) is 0 Å². The lowest BCUT2D eigenvalue weighted by atomic mass is 9.87. The van der Waals surface area contributed by atoms with Gasteiger partial charge in [-0.25, -0.2) is 0 Å². The molecule has 1 nitrogen and oxygen atoms in total. The van der Waals surface area contributed by atoms with E-state index in [0.717, 1.165) is 0 Å². The highest BCUT2D eigenvalue weighted by Crippen LogP contribution is 2.50. The molecule has 10 aromatic rings. The number of thiophene rings is 1. The molecule has 2 heterocycles. The van der Waals surface area contributed by atoms with Crippen molar-refractivity contribution in [3.05, 3.63) is 187 Å². The van der Waals surface area contributed by atoms with Crippen LogP contribution in [0.4, 0.5) is 0 Å². The smallest absolute Gasteiger partial charge is 0.0548 e. The molecule has 1 atom stereocenters. The Labute approximate surface area is 287 Å². The zero-order chi connectivity index (χ0) is 32.1. The highest BCUT2D eigenvalue weighted by atomic mass is 32.1. The van der Waals surface area contributed by atoms with Gasteiger partial charge in [0.05, 0.1) is 11.0 Å². The van der Waals surface area contributed by atoms with Crippen LogP contribution >= 0.6 is 11.3 Å². The molecule has 1 aliphatic rings. The van der Waals surface area contributed by atoms with Crippen molar-refractivity contribution in [2.24, 2.45) is 0 Å². The van der Waals surface area contributed by atoms with Gasteiger partial charge in [-0.1, -0.05) is 121 Å². The fourth-order valence-corrected chi connectivity index (χ4v) is 9.53. The summed E-state index contributed by atoms with van der Waals surface area (Å²) in [6, 6.07) is 63.2. The van der Waals surface area contributed by atoms with Gasteiger partial charge in [0, 0.05) is 42.6 Å². The summed E-state index contributed by atoms with van der Waals surface area (Å²) in [5, 5.41) is 7.80. The van der Waals surface area contributed by atoms with Crippen LogP contribution in [0.2, 0.25) is 0 Å². The van der Waals surface area contributed by atoms with E-state index in [2.05, 4.69) is 174 Å². The summed E-state index contributed by atoms with van der Waals surface area (Å²) in [4.78, 5) is 0. The molecule has 0 fully saturated rings. The molecular formula is C47H29NS. The van der Waals surface area contributed by atoms with Crippen molar-refractivity contribution in [2.45, 2.75) is 5.92 Å². The number of rotatable bonds is 3. The van der Waals surface area contributed by atoms with E-state index >= 15 is 0 Å². The van der Waals surface area contributed by atoms with E-state index in [-0.39, 0.29) is 5.92 Å². The molecule has 11 rings (SSSR count). The van der Waals surface area contributed by atoms with Crippen molar-refractivity contribution in [1.82, 2.24) is 4.57 Å². The molecule has 228 valence electrons. The van der Waals surface area contributed by atoms with Crippen LogP contribution in [0.3, 0.4) is 0 Å².